The molecule has 2 heterocycles. The highest BCUT2D eigenvalue weighted by molar-refractivity contribution is 5.34. The SMILES string of the molecule is CC1CN(c2ncnc(N)n2)CCN1Cc1ccccc1. The Morgan fingerprint density at radius 3 is 2.71 bits per heavy atom. The van der Waals surface area contributed by atoms with E-state index in [0.29, 0.717) is 12.0 Å². The van der Waals surface area contributed by atoms with Gasteiger partial charge in [0.15, 0.2) is 0 Å². The van der Waals surface area contributed by atoms with Crippen LogP contribution in [0.25, 0.3) is 0 Å². The summed E-state index contributed by atoms with van der Waals surface area (Å²) in [6.45, 7) is 6.01. The van der Waals surface area contributed by atoms with Crippen LogP contribution in [0.4, 0.5) is 11.9 Å². The van der Waals surface area contributed by atoms with Crippen LogP contribution in [-0.4, -0.2) is 45.5 Å². The molecule has 1 unspecified atom stereocenters. The minimum atomic E-state index is 0.277. The van der Waals surface area contributed by atoms with Gasteiger partial charge in [-0.05, 0) is 12.5 Å². The zero-order chi connectivity index (χ0) is 14.7. The molecule has 1 aliphatic rings. The number of piperazine rings is 1. The van der Waals surface area contributed by atoms with Gasteiger partial charge in [0.1, 0.15) is 6.33 Å². The van der Waals surface area contributed by atoms with E-state index < -0.39 is 0 Å². The van der Waals surface area contributed by atoms with Crippen LogP contribution in [-0.2, 0) is 6.54 Å². The molecule has 1 aliphatic heterocycles. The van der Waals surface area contributed by atoms with Crippen molar-refractivity contribution in [3.8, 4) is 0 Å². The lowest BCUT2D eigenvalue weighted by molar-refractivity contribution is 0.180. The van der Waals surface area contributed by atoms with Crippen molar-refractivity contribution in [1.82, 2.24) is 19.9 Å². The maximum absolute atomic E-state index is 5.63. The number of nitrogens with two attached hydrogens (primary N) is 1. The van der Waals surface area contributed by atoms with E-state index in [2.05, 4.69) is 62.0 Å². The van der Waals surface area contributed by atoms with Crippen molar-refractivity contribution in [2.75, 3.05) is 30.3 Å². The molecule has 2 N–H and O–H groups in total. The van der Waals surface area contributed by atoms with Crippen LogP contribution in [0, 0.1) is 0 Å². The first kappa shape index (κ1) is 13.8. The molecular formula is C15H20N6. The van der Waals surface area contributed by atoms with E-state index in [1.165, 1.54) is 11.9 Å². The molecule has 0 bridgehead atoms. The first-order chi connectivity index (χ1) is 10.2. The average molecular weight is 284 g/mol. The molecule has 0 saturated carbocycles. The van der Waals surface area contributed by atoms with Gasteiger partial charge >= 0.3 is 0 Å². The Kier molecular flexibility index (Phi) is 3.96. The van der Waals surface area contributed by atoms with Crippen LogP contribution in [0.5, 0.6) is 0 Å². The van der Waals surface area contributed by atoms with Gasteiger partial charge in [-0.25, -0.2) is 9.97 Å². The molecule has 0 amide bonds. The lowest BCUT2D eigenvalue weighted by Crippen LogP contribution is -2.52. The molecule has 3 rings (SSSR count). The first-order valence-corrected chi connectivity index (χ1v) is 7.20. The maximum Gasteiger partial charge on any atom is 0.230 e. The molecule has 2 aromatic rings. The van der Waals surface area contributed by atoms with Crippen molar-refractivity contribution < 1.29 is 0 Å². The van der Waals surface area contributed by atoms with E-state index in [1.807, 2.05) is 0 Å². The van der Waals surface area contributed by atoms with Gasteiger partial charge in [-0.1, -0.05) is 30.3 Å². The van der Waals surface area contributed by atoms with Crippen LogP contribution in [0.3, 0.4) is 0 Å². The summed E-state index contributed by atoms with van der Waals surface area (Å²) in [7, 11) is 0. The molecular weight excluding hydrogens is 264 g/mol. The van der Waals surface area contributed by atoms with E-state index in [0.717, 1.165) is 26.2 Å². The van der Waals surface area contributed by atoms with Crippen LogP contribution in [0.2, 0.25) is 0 Å². The Morgan fingerprint density at radius 1 is 1.19 bits per heavy atom. The standard InChI is InChI=1S/C15H20N6/c1-12-9-21(15-18-11-17-14(16)19-15)8-7-20(12)10-13-5-3-2-4-6-13/h2-6,11-12H,7-10H2,1H3,(H2,16,17,18,19). The number of anilines is 2. The number of rotatable bonds is 3. The van der Waals surface area contributed by atoms with Gasteiger partial charge in [0, 0.05) is 32.2 Å². The lowest BCUT2D eigenvalue weighted by Gasteiger charge is -2.39. The third-order valence-corrected chi connectivity index (χ3v) is 3.85. The van der Waals surface area contributed by atoms with Crippen molar-refractivity contribution in [3.63, 3.8) is 0 Å². The molecule has 0 aliphatic carbocycles. The molecule has 0 spiro atoms. The first-order valence-electron chi connectivity index (χ1n) is 7.20. The van der Waals surface area contributed by atoms with Crippen molar-refractivity contribution in [1.29, 1.82) is 0 Å². The molecule has 1 saturated heterocycles. The summed E-state index contributed by atoms with van der Waals surface area (Å²) in [6, 6.07) is 11.0. The second-order valence-electron chi connectivity index (χ2n) is 5.39. The van der Waals surface area contributed by atoms with Crippen molar-refractivity contribution in [3.05, 3.63) is 42.2 Å². The van der Waals surface area contributed by atoms with Crippen LogP contribution in [0.1, 0.15) is 12.5 Å². The fraction of sp³-hybridized carbons (Fsp3) is 0.400. The Bertz CT molecular complexity index is 588. The predicted octanol–water partition coefficient (Wildman–Crippen LogP) is 1.16. The molecule has 0 radical (unpaired) electrons. The topological polar surface area (TPSA) is 71.2 Å². The highest BCUT2D eigenvalue weighted by Gasteiger charge is 2.25. The van der Waals surface area contributed by atoms with Crippen molar-refractivity contribution in [2.24, 2.45) is 0 Å². The van der Waals surface area contributed by atoms with Gasteiger partial charge < -0.3 is 10.6 Å². The minimum Gasteiger partial charge on any atom is -0.368 e. The fourth-order valence-corrected chi connectivity index (χ4v) is 2.68. The average Bonchev–Trinajstić information content (AvgIpc) is 2.50. The molecule has 110 valence electrons. The summed E-state index contributed by atoms with van der Waals surface area (Å²) in [5.74, 6) is 0.952. The van der Waals surface area contributed by atoms with E-state index in [4.69, 9.17) is 5.73 Å². The lowest BCUT2D eigenvalue weighted by atomic mass is 10.1. The summed E-state index contributed by atoms with van der Waals surface area (Å²) in [6.07, 6.45) is 1.47. The Hall–Kier alpha value is -2.21. The molecule has 1 fully saturated rings. The van der Waals surface area contributed by atoms with Crippen molar-refractivity contribution >= 4 is 11.9 Å². The Labute approximate surface area is 124 Å². The second kappa shape index (κ2) is 6.05. The summed E-state index contributed by atoms with van der Waals surface area (Å²) < 4.78 is 0. The molecule has 1 atom stereocenters. The molecule has 21 heavy (non-hydrogen) atoms. The zero-order valence-corrected chi connectivity index (χ0v) is 12.2. The van der Waals surface area contributed by atoms with Gasteiger partial charge in [0.25, 0.3) is 0 Å². The summed E-state index contributed by atoms with van der Waals surface area (Å²) in [4.78, 5) is 16.9. The third kappa shape index (κ3) is 3.28. The van der Waals surface area contributed by atoms with Gasteiger partial charge in [0.05, 0.1) is 0 Å². The number of hydrogen-bond acceptors (Lipinski definition) is 6. The van der Waals surface area contributed by atoms with Crippen LogP contribution >= 0.6 is 0 Å². The monoisotopic (exact) mass is 284 g/mol. The summed E-state index contributed by atoms with van der Waals surface area (Å²) >= 11 is 0. The van der Waals surface area contributed by atoms with Gasteiger partial charge in [-0.2, -0.15) is 4.98 Å². The fourth-order valence-electron chi connectivity index (χ4n) is 2.68. The van der Waals surface area contributed by atoms with Crippen LogP contribution < -0.4 is 10.6 Å². The molecule has 1 aromatic heterocycles. The number of nitrogens with zero attached hydrogens (tertiary/aromatic N) is 5. The predicted molar refractivity (Wildman–Crippen MR) is 82.8 cm³/mol. The normalized spacial score (nSPS) is 19.7. The summed E-state index contributed by atoms with van der Waals surface area (Å²) in [5, 5.41) is 0. The highest BCUT2D eigenvalue weighted by Crippen LogP contribution is 2.17. The molecule has 6 nitrogen and oxygen atoms in total. The van der Waals surface area contributed by atoms with E-state index in [1.54, 1.807) is 0 Å². The molecule has 1 aromatic carbocycles. The molecule has 6 heteroatoms. The third-order valence-electron chi connectivity index (χ3n) is 3.85. The number of nitrogen functional groups attached to an aromatic ring is 1. The quantitative estimate of drug-likeness (QED) is 0.912. The minimum absolute atomic E-state index is 0.277. The van der Waals surface area contributed by atoms with Crippen molar-refractivity contribution in [2.45, 2.75) is 19.5 Å². The Morgan fingerprint density at radius 2 is 2.00 bits per heavy atom. The van der Waals surface area contributed by atoms with E-state index in [-0.39, 0.29) is 5.95 Å². The number of benzene rings is 1. The Balaban J connectivity index is 1.64. The van der Waals surface area contributed by atoms with Gasteiger partial charge in [0.2, 0.25) is 11.9 Å². The largest absolute Gasteiger partial charge is 0.368 e. The number of aromatic nitrogens is 3. The van der Waals surface area contributed by atoms with Gasteiger partial charge in [-0.15, -0.1) is 0 Å². The van der Waals surface area contributed by atoms with E-state index >= 15 is 0 Å². The van der Waals surface area contributed by atoms with Crippen LogP contribution in [0.15, 0.2) is 36.7 Å². The second-order valence-corrected chi connectivity index (χ2v) is 5.39. The smallest absolute Gasteiger partial charge is 0.230 e. The summed E-state index contributed by atoms with van der Waals surface area (Å²) in [5.41, 5.74) is 6.98. The number of hydrogen-bond donors (Lipinski definition) is 1. The highest BCUT2D eigenvalue weighted by atomic mass is 15.3. The maximum atomic E-state index is 5.63. The van der Waals surface area contributed by atoms with Gasteiger partial charge in [-0.3, -0.25) is 4.90 Å². The zero-order valence-electron chi connectivity index (χ0n) is 12.2. The van der Waals surface area contributed by atoms with E-state index in [9.17, 15) is 0 Å².